The third kappa shape index (κ3) is 3.82. The van der Waals surface area contributed by atoms with Crippen molar-refractivity contribution in [1.29, 1.82) is 0 Å². The summed E-state index contributed by atoms with van der Waals surface area (Å²) < 4.78 is 5.56. The zero-order valence-electron chi connectivity index (χ0n) is 17.0. The van der Waals surface area contributed by atoms with E-state index in [9.17, 15) is 9.59 Å². The minimum absolute atomic E-state index is 0.100. The highest BCUT2D eigenvalue weighted by Gasteiger charge is 2.49. The molecule has 1 aliphatic rings. The number of carbonyl (C=O) groups excluding carboxylic acids is 2. The predicted molar refractivity (Wildman–Crippen MR) is 109 cm³/mol. The van der Waals surface area contributed by atoms with Crippen LogP contribution in [0.1, 0.15) is 68.5 Å². The lowest BCUT2D eigenvalue weighted by atomic mass is 9.90. The number of aromatic nitrogens is 1. The smallest absolute Gasteiger partial charge is 0.325 e. The Bertz CT molecular complexity index is 862. The fourth-order valence-electron chi connectivity index (χ4n) is 3.30. The quantitative estimate of drug-likeness (QED) is 0.701. The average molecular weight is 402 g/mol. The van der Waals surface area contributed by atoms with E-state index in [1.54, 1.807) is 6.92 Å². The van der Waals surface area contributed by atoms with Gasteiger partial charge in [-0.2, -0.15) is 0 Å². The number of nitrogens with one attached hydrogen (secondary N) is 1. The van der Waals surface area contributed by atoms with Gasteiger partial charge in [0.05, 0.1) is 12.2 Å². The molecule has 0 bridgehead atoms. The van der Waals surface area contributed by atoms with Crippen LogP contribution in [0.2, 0.25) is 0 Å². The molecule has 28 heavy (non-hydrogen) atoms. The standard InChI is InChI=1S/C21H27N3O3S/c1-6-27-14(4)18-22-17(12-28-18)11-24-19(25)21(5,23-20(24)26)16-9-7-15(8-10-16)13(2)3/h7-10,12-14H,6,11H2,1-5H3,(H,23,26). The molecule has 1 N–H and O–H groups in total. The summed E-state index contributed by atoms with van der Waals surface area (Å²) in [5.74, 6) is 0.146. The summed E-state index contributed by atoms with van der Waals surface area (Å²) in [4.78, 5) is 31.4. The SMILES string of the molecule is CCOC(C)c1nc(CN2C(=O)NC(C)(c3ccc(C(C)C)cc3)C2=O)cs1. The largest absolute Gasteiger partial charge is 0.372 e. The van der Waals surface area contributed by atoms with Gasteiger partial charge in [0.25, 0.3) is 5.91 Å². The highest BCUT2D eigenvalue weighted by atomic mass is 32.1. The number of hydrogen-bond donors (Lipinski definition) is 1. The number of thiazole rings is 1. The van der Waals surface area contributed by atoms with Crippen molar-refractivity contribution in [1.82, 2.24) is 15.2 Å². The third-order valence-corrected chi connectivity index (χ3v) is 6.14. The van der Waals surface area contributed by atoms with Gasteiger partial charge in [0.15, 0.2) is 0 Å². The lowest BCUT2D eigenvalue weighted by Gasteiger charge is -2.22. The van der Waals surface area contributed by atoms with E-state index in [-0.39, 0.29) is 18.6 Å². The van der Waals surface area contributed by atoms with Crippen LogP contribution < -0.4 is 5.32 Å². The van der Waals surface area contributed by atoms with E-state index < -0.39 is 11.6 Å². The van der Waals surface area contributed by atoms with E-state index >= 15 is 0 Å². The second-order valence-electron chi connectivity index (χ2n) is 7.50. The zero-order chi connectivity index (χ0) is 20.5. The van der Waals surface area contributed by atoms with Crippen molar-refractivity contribution in [3.8, 4) is 0 Å². The van der Waals surface area contributed by atoms with Crippen LogP contribution in [-0.2, 0) is 21.6 Å². The summed E-state index contributed by atoms with van der Waals surface area (Å²) >= 11 is 1.48. The molecule has 3 rings (SSSR count). The van der Waals surface area contributed by atoms with E-state index in [1.165, 1.54) is 21.8 Å². The Hall–Kier alpha value is -2.25. The first kappa shape index (κ1) is 20.5. The van der Waals surface area contributed by atoms with E-state index in [0.29, 0.717) is 18.2 Å². The molecule has 1 saturated heterocycles. The number of amides is 3. The van der Waals surface area contributed by atoms with Gasteiger partial charge >= 0.3 is 6.03 Å². The van der Waals surface area contributed by atoms with Gasteiger partial charge < -0.3 is 10.1 Å². The predicted octanol–water partition coefficient (Wildman–Crippen LogP) is 4.33. The molecular formula is C21H27N3O3S. The Morgan fingerprint density at radius 2 is 1.89 bits per heavy atom. The molecule has 1 fully saturated rings. The van der Waals surface area contributed by atoms with Gasteiger partial charge in [-0.15, -0.1) is 11.3 Å². The minimum Gasteiger partial charge on any atom is -0.372 e. The first-order chi connectivity index (χ1) is 13.3. The topological polar surface area (TPSA) is 71.5 Å². The van der Waals surface area contributed by atoms with Gasteiger partial charge in [0, 0.05) is 12.0 Å². The second-order valence-corrected chi connectivity index (χ2v) is 8.39. The van der Waals surface area contributed by atoms with Gasteiger partial charge in [-0.1, -0.05) is 38.1 Å². The van der Waals surface area contributed by atoms with Gasteiger partial charge in [0.1, 0.15) is 16.7 Å². The van der Waals surface area contributed by atoms with Crippen LogP contribution >= 0.6 is 11.3 Å². The van der Waals surface area contributed by atoms with Gasteiger partial charge in [0.2, 0.25) is 0 Å². The Balaban J connectivity index is 1.78. The van der Waals surface area contributed by atoms with E-state index in [1.807, 2.05) is 43.5 Å². The Labute approximate surface area is 169 Å². The fourth-order valence-corrected chi connectivity index (χ4v) is 4.12. The summed E-state index contributed by atoms with van der Waals surface area (Å²) in [5.41, 5.74) is 1.60. The van der Waals surface area contributed by atoms with Crippen molar-refractivity contribution < 1.29 is 14.3 Å². The Kier molecular flexibility index (Phi) is 5.86. The lowest BCUT2D eigenvalue weighted by molar-refractivity contribution is -0.131. The van der Waals surface area contributed by atoms with Crippen molar-refractivity contribution in [3.05, 3.63) is 51.5 Å². The summed E-state index contributed by atoms with van der Waals surface area (Å²) in [6.45, 7) is 10.6. The third-order valence-electron chi connectivity index (χ3n) is 5.08. The number of urea groups is 1. The van der Waals surface area contributed by atoms with Crippen LogP contribution in [-0.4, -0.2) is 28.4 Å². The molecule has 0 spiro atoms. The molecule has 7 heteroatoms. The van der Waals surface area contributed by atoms with E-state index in [0.717, 1.165) is 10.6 Å². The number of hydrogen-bond acceptors (Lipinski definition) is 5. The van der Waals surface area contributed by atoms with Crippen LogP contribution in [0.5, 0.6) is 0 Å². The maximum atomic E-state index is 13.1. The van der Waals surface area contributed by atoms with Crippen LogP contribution in [0.3, 0.4) is 0 Å². The maximum Gasteiger partial charge on any atom is 0.325 e. The molecule has 3 amide bonds. The van der Waals surface area contributed by atoms with Gasteiger partial charge in [-0.3, -0.25) is 9.69 Å². The van der Waals surface area contributed by atoms with Gasteiger partial charge in [-0.25, -0.2) is 9.78 Å². The monoisotopic (exact) mass is 401 g/mol. The molecule has 0 saturated carbocycles. The summed E-state index contributed by atoms with van der Waals surface area (Å²) in [5, 5.41) is 5.57. The number of benzene rings is 1. The molecule has 1 aromatic carbocycles. The van der Waals surface area contributed by atoms with Crippen molar-refractivity contribution >= 4 is 23.3 Å². The molecule has 2 heterocycles. The van der Waals surface area contributed by atoms with Gasteiger partial charge in [-0.05, 0) is 37.8 Å². The first-order valence-corrected chi connectivity index (χ1v) is 10.4. The first-order valence-electron chi connectivity index (χ1n) is 9.56. The van der Waals surface area contributed by atoms with Crippen LogP contribution in [0.15, 0.2) is 29.6 Å². The second kappa shape index (κ2) is 8.01. The summed E-state index contributed by atoms with van der Waals surface area (Å²) in [7, 11) is 0. The van der Waals surface area contributed by atoms with E-state index in [4.69, 9.17) is 4.74 Å². The molecule has 2 atom stereocenters. The average Bonchev–Trinajstić information content (AvgIpc) is 3.22. The number of rotatable bonds is 7. The molecule has 1 aromatic heterocycles. The highest BCUT2D eigenvalue weighted by molar-refractivity contribution is 7.09. The summed E-state index contributed by atoms with van der Waals surface area (Å²) in [6.07, 6.45) is -0.100. The number of nitrogens with zero attached hydrogens (tertiary/aromatic N) is 2. The molecule has 6 nitrogen and oxygen atoms in total. The molecule has 150 valence electrons. The Morgan fingerprint density at radius 1 is 1.21 bits per heavy atom. The normalized spacial score (nSPS) is 20.7. The molecule has 2 aromatic rings. The fraction of sp³-hybridized carbons (Fsp3) is 0.476. The molecule has 1 aliphatic heterocycles. The van der Waals surface area contributed by atoms with E-state index in [2.05, 4.69) is 24.1 Å². The molecular weight excluding hydrogens is 374 g/mol. The van der Waals surface area contributed by atoms with Crippen LogP contribution in [0, 0.1) is 0 Å². The lowest BCUT2D eigenvalue weighted by Crippen LogP contribution is -2.40. The molecule has 0 radical (unpaired) electrons. The summed E-state index contributed by atoms with van der Waals surface area (Å²) in [6, 6.07) is 7.46. The highest BCUT2D eigenvalue weighted by Crippen LogP contribution is 2.31. The van der Waals surface area contributed by atoms with Crippen molar-refractivity contribution in [2.45, 2.75) is 58.7 Å². The van der Waals surface area contributed by atoms with Crippen molar-refractivity contribution in [2.75, 3.05) is 6.61 Å². The van der Waals surface area contributed by atoms with Crippen molar-refractivity contribution in [3.63, 3.8) is 0 Å². The van der Waals surface area contributed by atoms with Crippen LogP contribution in [0.25, 0.3) is 0 Å². The molecule has 0 aliphatic carbocycles. The van der Waals surface area contributed by atoms with Crippen LogP contribution in [0.4, 0.5) is 4.79 Å². The number of ether oxygens (including phenoxy) is 1. The molecule has 2 unspecified atom stereocenters. The zero-order valence-corrected chi connectivity index (χ0v) is 17.8. The van der Waals surface area contributed by atoms with Crippen molar-refractivity contribution in [2.24, 2.45) is 0 Å². The number of imide groups is 1. The Morgan fingerprint density at radius 3 is 2.50 bits per heavy atom. The maximum absolute atomic E-state index is 13.1. The number of carbonyl (C=O) groups is 2. The minimum atomic E-state index is -1.07.